The maximum absolute atomic E-state index is 12.4. The average Bonchev–Trinajstić information content (AvgIpc) is 3.37. The van der Waals surface area contributed by atoms with Crippen LogP contribution >= 0.6 is 0 Å². The van der Waals surface area contributed by atoms with Gasteiger partial charge in [-0.2, -0.15) is 0 Å². The molecule has 25 heavy (non-hydrogen) atoms. The number of para-hydroxylation sites is 1. The van der Waals surface area contributed by atoms with Crippen LogP contribution in [0.1, 0.15) is 31.0 Å². The number of aryl methyl sites for hydroxylation is 1. The molecule has 0 aliphatic heterocycles. The number of carbonyl (C=O) groups is 1. The summed E-state index contributed by atoms with van der Waals surface area (Å²) in [4.78, 5) is 32.9. The summed E-state index contributed by atoms with van der Waals surface area (Å²) in [5, 5.41) is 3.47. The van der Waals surface area contributed by atoms with Gasteiger partial charge in [0.1, 0.15) is 0 Å². The monoisotopic (exact) mass is 337 g/mol. The molecule has 3 aromatic rings. The molecule has 0 spiro atoms. The Balaban J connectivity index is 1.36. The van der Waals surface area contributed by atoms with Crippen LogP contribution in [0.25, 0.3) is 10.9 Å². The minimum atomic E-state index is -0.120. The molecular weight excluding hydrogens is 318 g/mol. The number of carbonyl (C=O) groups excluding carboxylic acids is 1. The first-order chi connectivity index (χ1) is 12.2. The lowest BCUT2D eigenvalue weighted by molar-refractivity contribution is -0.121. The zero-order valence-electron chi connectivity index (χ0n) is 13.8. The van der Waals surface area contributed by atoms with Crippen LogP contribution in [0.3, 0.4) is 0 Å². The molecule has 7 heteroatoms. The van der Waals surface area contributed by atoms with Gasteiger partial charge in [0.2, 0.25) is 5.91 Å². The van der Waals surface area contributed by atoms with Gasteiger partial charge in [-0.1, -0.05) is 12.1 Å². The van der Waals surface area contributed by atoms with Gasteiger partial charge in [0, 0.05) is 25.2 Å². The van der Waals surface area contributed by atoms with E-state index < -0.39 is 0 Å². The topological polar surface area (TPSA) is 81.8 Å². The number of nitrogens with zero attached hydrogens (tertiary/aromatic N) is 4. The van der Waals surface area contributed by atoms with Gasteiger partial charge in [0.05, 0.1) is 35.8 Å². The van der Waals surface area contributed by atoms with Crippen LogP contribution in [0.4, 0.5) is 0 Å². The Morgan fingerprint density at radius 3 is 2.92 bits per heavy atom. The fourth-order valence-electron chi connectivity index (χ4n) is 2.92. The average molecular weight is 337 g/mol. The molecule has 1 aliphatic carbocycles. The molecule has 0 bridgehead atoms. The van der Waals surface area contributed by atoms with E-state index >= 15 is 0 Å². The lowest BCUT2D eigenvalue weighted by atomic mass is 10.2. The summed E-state index contributed by atoms with van der Waals surface area (Å²) >= 11 is 0. The largest absolute Gasteiger partial charge is 0.350 e. The van der Waals surface area contributed by atoms with Crippen LogP contribution < -0.4 is 10.9 Å². The van der Waals surface area contributed by atoms with Gasteiger partial charge in [-0.15, -0.1) is 0 Å². The highest BCUT2D eigenvalue weighted by Gasteiger charge is 2.25. The Morgan fingerprint density at radius 2 is 2.08 bits per heavy atom. The second-order valence-electron chi connectivity index (χ2n) is 6.31. The fourth-order valence-corrected chi connectivity index (χ4v) is 2.92. The summed E-state index contributed by atoms with van der Waals surface area (Å²) in [7, 11) is 0. The molecule has 2 heterocycles. The molecule has 1 amide bonds. The minimum absolute atomic E-state index is 0.0939. The van der Waals surface area contributed by atoms with Gasteiger partial charge in [0.25, 0.3) is 5.56 Å². The van der Waals surface area contributed by atoms with Crippen molar-refractivity contribution in [1.29, 1.82) is 0 Å². The smallest absolute Gasteiger partial charge is 0.261 e. The van der Waals surface area contributed by atoms with E-state index in [1.165, 1.54) is 23.7 Å². The lowest BCUT2D eigenvalue weighted by Crippen LogP contribution is -2.28. The second kappa shape index (κ2) is 6.51. The molecule has 1 fully saturated rings. The molecule has 4 rings (SSSR count). The van der Waals surface area contributed by atoms with Crippen molar-refractivity contribution in [2.45, 2.75) is 38.4 Å². The lowest BCUT2D eigenvalue weighted by Gasteiger charge is -2.09. The molecule has 0 radical (unpaired) electrons. The summed E-state index contributed by atoms with van der Waals surface area (Å²) in [6, 6.07) is 7.75. The molecular formula is C18H19N5O2. The predicted octanol–water partition coefficient (Wildman–Crippen LogP) is 1.63. The van der Waals surface area contributed by atoms with E-state index in [0.717, 1.165) is 5.69 Å². The zero-order chi connectivity index (χ0) is 17.2. The van der Waals surface area contributed by atoms with Crippen molar-refractivity contribution in [2.75, 3.05) is 0 Å². The highest BCUT2D eigenvalue weighted by Crippen LogP contribution is 2.35. The van der Waals surface area contributed by atoms with Crippen molar-refractivity contribution in [3.8, 4) is 0 Å². The van der Waals surface area contributed by atoms with Crippen LogP contribution in [-0.2, 0) is 17.9 Å². The zero-order valence-corrected chi connectivity index (χ0v) is 13.8. The molecule has 128 valence electrons. The highest BCUT2D eigenvalue weighted by molar-refractivity contribution is 5.77. The van der Waals surface area contributed by atoms with Gasteiger partial charge in [-0.3, -0.25) is 14.2 Å². The number of amides is 1. The summed E-state index contributed by atoms with van der Waals surface area (Å²) < 4.78 is 3.61. The maximum Gasteiger partial charge on any atom is 0.261 e. The maximum atomic E-state index is 12.4. The molecule has 1 saturated carbocycles. The van der Waals surface area contributed by atoms with E-state index in [0.29, 0.717) is 30.0 Å². The Labute approximate surface area is 144 Å². The fraction of sp³-hybridized carbons (Fsp3) is 0.333. The van der Waals surface area contributed by atoms with Crippen LogP contribution in [0.15, 0.2) is 47.9 Å². The number of nitrogens with one attached hydrogen (secondary N) is 1. The van der Waals surface area contributed by atoms with Crippen molar-refractivity contribution in [3.63, 3.8) is 0 Å². The first-order valence-electron chi connectivity index (χ1n) is 8.44. The molecule has 2 aromatic heterocycles. The Bertz CT molecular complexity index is 971. The first kappa shape index (κ1) is 15.6. The quantitative estimate of drug-likeness (QED) is 0.741. The molecule has 1 aromatic carbocycles. The third-order valence-corrected chi connectivity index (χ3v) is 4.46. The third-order valence-electron chi connectivity index (χ3n) is 4.46. The van der Waals surface area contributed by atoms with Crippen molar-refractivity contribution < 1.29 is 4.79 Å². The summed E-state index contributed by atoms with van der Waals surface area (Å²) in [5.74, 6) is -0.0939. The van der Waals surface area contributed by atoms with Gasteiger partial charge in [-0.25, -0.2) is 9.97 Å². The predicted molar refractivity (Wildman–Crippen MR) is 93.0 cm³/mol. The van der Waals surface area contributed by atoms with Gasteiger partial charge in [-0.05, 0) is 25.0 Å². The SMILES string of the molecule is O=C(CCn1cnc2ccccc2c1=O)NCc1cncn1C1CC1. The Kier molecular flexibility index (Phi) is 4.05. The number of imidazole rings is 1. The van der Waals surface area contributed by atoms with E-state index in [9.17, 15) is 9.59 Å². The van der Waals surface area contributed by atoms with Crippen LogP contribution in [-0.4, -0.2) is 25.0 Å². The number of aromatic nitrogens is 4. The Morgan fingerprint density at radius 1 is 1.24 bits per heavy atom. The summed E-state index contributed by atoms with van der Waals surface area (Å²) in [6.07, 6.45) is 7.69. The number of hydrogen-bond donors (Lipinski definition) is 1. The van der Waals surface area contributed by atoms with Crippen LogP contribution in [0, 0.1) is 0 Å². The van der Waals surface area contributed by atoms with Crippen molar-refractivity contribution in [2.24, 2.45) is 0 Å². The van der Waals surface area contributed by atoms with Crippen molar-refractivity contribution >= 4 is 16.8 Å². The Hall–Kier alpha value is -2.96. The third kappa shape index (κ3) is 3.31. The highest BCUT2D eigenvalue weighted by atomic mass is 16.1. The first-order valence-corrected chi connectivity index (χ1v) is 8.44. The molecule has 0 saturated heterocycles. The molecule has 0 unspecified atom stereocenters. The van der Waals surface area contributed by atoms with Gasteiger partial charge in [0.15, 0.2) is 0 Å². The molecule has 1 N–H and O–H groups in total. The number of fused-ring (bicyclic) bond motifs is 1. The van der Waals surface area contributed by atoms with Crippen molar-refractivity contribution in [1.82, 2.24) is 24.4 Å². The summed E-state index contributed by atoms with van der Waals surface area (Å²) in [5.41, 5.74) is 1.56. The van der Waals surface area contributed by atoms with Crippen molar-refractivity contribution in [3.05, 3.63) is 59.2 Å². The minimum Gasteiger partial charge on any atom is -0.350 e. The van der Waals surface area contributed by atoms with Gasteiger partial charge >= 0.3 is 0 Å². The molecule has 1 aliphatic rings. The van der Waals surface area contributed by atoms with E-state index in [2.05, 4.69) is 19.9 Å². The van der Waals surface area contributed by atoms with E-state index in [4.69, 9.17) is 0 Å². The van der Waals surface area contributed by atoms with E-state index in [1.54, 1.807) is 18.3 Å². The van der Waals surface area contributed by atoms with E-state index in [1.807, 2.05) is 18.5 Å². The number of benzene rings is 1. The normalized spacial score (nSPS) is 13.9. The standard InChI is InChI=1S/C18H19N5O2/c24-17(20-10-14-9-19-11-23(14)13-5-6-13)7-8-22-12-21-16-4-2-1-3-15(16)18(22)25/h1-4,9,11-13H,5-8,10H2,(H,20,24). The van der Waals surface area contributed by atoms with Crippen LogP contribution in [0.5, 0.6) is 0 Å². The molecule has 0 atom stereocenters. The summed E-state index contributed by atoms with van der Waals surface area (Å²) in [6.45, 7) is 0.768. The second-order valence-corrected chi connectivity index (χ2v) is 6.31. The number of rotatable bonds is 6. The molecule has 7 nitrogen and oxygen atoms in total. The van der Waals surface area contributed by atoms with Crippen LogP contribution in [0.2, 0.25) is 0 Å². The number of hydrogen-bond acceptors (Lipinski definition) is 4. The van der Waals surface area contributed by atoms with Gasteiger partial charge < -0.3 is 9.88 Å². The van der Waals surface area contributed by atoms with E-state index in [-0.39, 0.29) is 17.9 Å².